The van der Waals surface area contributed by atoms with E-state index in [-0.39, 0.29) is 17.9 Å². The number of ether oxygens (including phenoxy) is 1. The summed E-state index contributed by atoms with van der Waals surface area (Å²) in [4.78, 5) is 6.45. The summed E-state index contributed by atoms with van der Waals surface area (Å²) in [6, 6.07) is 12.8. The van der Waals surface area contributed by atoms with Crippen molar-refractivity contribution in [1.82, 2.24) is 19.8 Å². The molecule has 1 aliphatic rings. The van der Waals surface area contributed by atoms with Crippen molar-refractivity contribution in [1.29, 1.82) is 5.26 Å². The number of fused-ring (bicyclic) bond motifs is 1. The first-order valence-corrected chi connectivity index (χ1v) is 13.6. The van der Waals surface area contributed by atoms with Gasteiger partial charge in [-0.15, -0.1) is 0 Å². The molecule has 1 unspecified atom stereocenters. The van der Waals surface area contributed by atoms with E-state index in [0.717, 1.165) is 36.0 Å². The van der Waals surface area contributed by atoms with Crippen LogP contribution in [0.5, 0.6) is 5.75 Å². The van der Waals surface area contributed by atoms with Crippen molar-refractivity contribution < 1.29 is 17.7 Å². The molecule has 1 N–H and O–H groups in total. The lowest BCUT2D eigenvalue weighted by Crippen LogP contribution is -2.35. The summed E-state index contributed by atoms with van der Waals surface area (Å²) in [5.74, 6) is 1.28. The van der Waals surface area contributed by atoms with Gasteiger partial charge in [-0.05, 0) is 76.5 Å². The van der Waals surface area contributed by atoms with Crippen molar-refractivity contribution in [2.24, 2.45) is 0 Å². The molecule has 190 valence electrons. The second-order valence-electron chi connectivity index (χ2n) is 9.47. The molecule has 4 rings (SSSR count). The maximum Gasteiger partial charge on any atom is 0.258 e. The van der Waals surface area contributed by atoms with Crippen molar-refractivity contribution in [3.05, 3.63) is 53.1 Å². The molecular formula is C26H31N5O4S. The summed E-state index contributed by atoms with van der Waals surface area (Å²) >= 11 is 0. The molecule has 1 heterocycles. The van der Waals surface area contributed by atoms with E-state index in [0.29, 0.717) is 35.1 Å². The number of hydrogen-bond acceptors (Lipinski definition) is 8. The van der Waals surface area contributed by atoms with E-state index in [1.165, 1.54) is 0 Å². The lowest BCUT2D eigenvalue weighted by atomic mass is 9.85. The van der Waals surface area contributed by atoms with E-state index in [4.69, 9.17) is 9.26 Å². The Morgan fingerprint density at radius 1 is 1.28 bits per heavy atom. The summed E-state index contributed by atoms with van der Waals surface area (Å²) in [7, 11) is 0.282. The molecule has 0 saturated heterocycles. The summed E-state index contributed by atoms with van der Waals surface area (Å²) < 4.78 is 39.4. The molecule has 2 aromatic carbocycles. The molecule has 0 amide bonds. The predicted molar refractivity (Wildman–Crippen MR) is 137 cm³/mol. The molecule has 3 aromatic rings. The molecule has 10 heteroatoms. The van der Waals surface area contributed by atoms with Gasteiger partial charge in [-0.1, -0.05) is 23.4 Å². The Morgan fingerprint density at radius 3 is 2.81 bits per heavy atom. The van der Waals surface area contributed by atoms with Crippen molar-refractivity contribution >= 4 is 10.0 Å². The molecule has 1 aromatic heterocycles. The first kappa shape index (κ1) is 25.8. The normalized spacial score (nSPS) is 15.6. The number of aromatic nitrogens is 2. The zero-order valence-corrected chi connectivity index (χ0v) is 21.8. The molecule has 0 saturated carbocycles. The number of hydrogen-bond donors (Lipinski definition) is 1. The SMILES string of the molecule is CC(C)Oc1ccc(-c2nc(-c3cccc4c3CCCC4NS(=O)(=O)CCN(C)C)no2)cc1C#N. The summed E-state index contributed by atoms with van der Waals surface area (Å²) in [6.45, 7) is 4.26. The number of nitrogens with one attached hydrogen (secondary N) is 1. The summed E-state index contributed by atoms with van der Waals surface area (Å²) in [5.41, 5.74) is 3.80. The highest BCUT2D eigenvalue weighted by atomic mass is 32.2. The Kier molecular flexibility index (Phi) is 7.73. The van der Waals surface area contributed by atoms with Gasteiger partial charge in [0.05, 0.1) is 17.4 Å². The van der Waals surface area contributed by atoms with Gasteiger partial charge < -0.3 is 14.2 Å². The third-order valence-corrected chi connectivity index (χ3v) is 7.38. The fraction of sp³-hybridized carbons (Fsp3) is 0.423. The van der Waals surface area contributed by atoms with Gasteiger partial charge in [-0.25, -0.2) is 13.1 Å². The highest BCUT2D eigenvalue weighted by molar-refractivity contribution is 7.89. The fourth-order valence-electron chi connectivity index (χ4n) is 4.32. The molecule has 0 fully saturated rings. The van der Waals surface area contributed by atoms with E-state index in [2.05, 4.69) is 20.9 Å². The number of rotatable bonds is 9. The first-order valence-electron chi connectivity index (χ1n) is 12.0. The summed E-state index contributed by atoms with van der Waals surface area (Å²) in [6.07, 6.45) is 2.32. The van der Waals surface area contributed by atoms with Crippen LogP contribution in [0.2, 0.25) is 0 Å². The maximum absolute atomic E-state index is 12.7. The Balaban J connectivity index is 1.61. The van der Waals surface area contributed by atoms with Crippen LogP contribution in [0.15, 0.2) is 40.9 Å². The van der Waals surface area contributed by atoms with Crippen molar-refractivity contribution in [3.63, 3.8) is 0 Å². The van der Waals surface area contributed by atoms with Crippen molar-refractivity contribution in [2.75, 3.05) is 26.4 Å². The van der Waals surface area contributed by atoms with Gasteiger partial charge in [0.15, 0.2) is 0 Å². The molecule has 1 aliphatic carbocycles. The van der Waals surface area contributed by atoms with Crippen LogP contribution in [0, 0.1) is 11.3 Å². The van der Waals surface area contributed by atoms with Gasteiger partial charge in [0.2, 0.25) is 15.8 Å². The van der Waals surface area contributed by atoms with Gasteiger partial charge in [-0.2, -0.15) is 10.2 Å². The van der Waals surface area contributed by atoms with Crippen LogP contribution < -0.4 is 9.46 Å². The lowest BCUT2D eigenvalue weighted by molar-refractivity contribution is 0.241. The monoisotopic (exact) mass is 509 g/mol. The van der Waals surface area contributed by atoms with E-state index in [9.17, 15) is 13.7 Å². The second kappa shape index (κ2) is 10.8. The minimum atomic E-state index is -3.42. The van der Waals surface area contributed by atoms with E-state index < -0.39 is 10.0 Å². The lowest BCUT2D eigenvalue weighted by Gasteiger charge is -2.27. The number of nitriles is 1. The fourth-order valence-corrected chi connectivity index (χ4v) is 5.72. The van der Waals surface area contributed by atoms with E-state index in [1.54, 1.807) is 18.2 Å². The molecule has 0 bridgehead atoms. The molecular weight excluding hydrogens is 478 g/mol. The average molecular weight is 510 g/mol. The average Bonchev–Trinajstić information content (AvgIpc) is 3.32. The molecule has 36 heavy (non-hydrogen) atoms. The largest absolute Gasteiger partial charge is 0.490 e. The molecule has 1 atom stereocenters. The third-order valence-electron chi connectivity index (χ3n) is 6.01. The molecule has 0 spiro atoms. The maximum atomic E-state index is 12.7. The minimum Gasteiger partial charge on any atom is -0.490 e. The Bertz CT molecular complexity index is 1380. The highest BCUT2D eigenvalue weighted by Crippen LogP contribution is 2.36. The molecule has 0 aliphatic heterocycles. The topological polar surface area (TPSA) is 121 Å². The van der Waals surface area contributed by atoms with E-state index >= 15 is 0 Å². The Hall–Kier alpha value is -3.26. The minimum absolute atomic E-state index is 0.0470. The van der Waals surface area contributed by atoms with Crippen LogP contribution in [0.3, 0.4) is 0 Å². The number of nitrogens with zero attached hydrogens (tertiary/aromatic N) is 4. The van der Waals surface area contributed by atoms with Crippen LogP contribution in [-0.4, -0.2) is 56.0 Å². The predicted octanol–water partition coefficient (Wildman–Crippen LogP) is 3.92. The Labute approximate surface area is 212 Å². The van der Waals surface area contributed by atoms with Crippen LogP contribution in [0.1, 0.15) is 49.4 Å². The molecule has 9 nitrogen and oxygen atoms in total. The van der Waals surface area contributed by atoms with Gasteiger partial charge in [0, 0.05) is 23.7 Å². The van der Waals surface area contributed by atoms with Crippen LogP contribution in [0.4, 0.5) is 0 Å². The second-order valence-corrected chi connectivity index (χ2v) is 11.3. The van der Waals surface area contributed by atoms with Crippen molar-refractivity contribution in [2.45, 2.75) is 45.3 Å². The van der Waals surface area contributed by atoms with E-state index in [1.807, 2.05) is 51.0 Å². The van der Waals surface area contributed by atoms with Gasteiger partial charge in [-0.3, -0.25) is 0 Å². The number of benzene rings is 2. The standard InChI is InChI=1S/C26H31N5O4S/c1-17(2)34-24-12-11-18(15-19(24)16-27)26-28-25(29-35-26)22-9-5-8-21-20(22)7-6-10-23(21)30-36(32,33)14-13-31(3)4/h5,8-9,11-12,15,17,23,30H,6-7,10,13-14H2,1-4H3. The first-order chi connectivity index (χ1) is 17.2. The van der Waals surface area contributed by atoms with Crippen LogP contribution >= 0.6 is 0 Å². The highest BCUT2D eigenvalue weighted by Gasteiger charge is 2.27. The van der Waals surface area contributed by atoms with Gasteiger partial charge in [0.1, 0.15) is 11.8 Å². The smallest absolute Gasteiger partial charge is 0.258 e. The van der Waals surface area contributed by atoms with Crippen LogP contribution in [-0.2, 0) is 16.4 Å². The number of sulfonamides is 1. The van der Waals surface area contributed by atoms with Crippen molar-refractivity contribution in [3.8, 4) is 34.7 Å². The van der Waals surface area contributed by atoms with Crippen LogP contribution in [0.25, 0.3) is 22.8 Å². The Morgan fingerprint density at radius 2 is 2.08 bits per heavy atom. The zero-order valence-electron chi connectivity index (χ0n) is 21.0. The van der Waals surface area contributed by atoms with Gasteiger partial charge in [0.25, 0.3) is 5.89 Å². The molecule has 0 radical (unpaired) electrons. The zero-order chi connectivity index (χ0) is 25.9. The quantitative estimate of drug-likeness (QED) is 0.461. The third kappa shape index (κ3) is 5.93. The summed E-state index contributed by atoms with van der Waals surface area (Å²) in [5, 5.41) is 13.7. The van der Waals surface area contributed by atoms with Gasteiger partial charge >= 0.3 is 0 Å².